The molecule has 1 aliphatic carbocycles. The van der Waals surface area contributed by atoms with E-state index in [9.17, 15) is 4.79 Å². The zero-order valence-corrected chi connectivity index (χ0v) is 14.3. The maximum atomic E-state index is 12.4. The van der Waals surface area contributed by atoms with Gasteiger partial charge in [-0.15, -0.1) is 0 Å². The van der Waals surface area contributed by atoms with E-state index in [1.54, 1.807) is 6.07 Å². The largest absolute Gasteiger partial charge is 0.348 e. The van der Waals surface area contributed by atoms with Crippen LogP contribution in [0.15, 0.2) is 30.6 Å². The number of nitrogens with zero attached hydrogens (tertiary/aromatic N) is 2. The highest BCUT2D eigenvalue weighted by Crippen LogP contribution is 2.24. The first-order chi connectivity index (χ1) is 11.7. The van der Waals surface area contributed by atoms with Crippen LogP contribution in [-0.2, 0) is 6.42 Å². The Labute approximate surface area is 142 Å². The normalized spacial score (nSPS) is 14.6. The van der Waals surface area contributed by atoms with E-state index < -0.39 is 0 Å². The first-order valence-electron chi connectivity index (χ1n) is 8.65. The Hall–Kier alpha value is -2.43. The van der Waals surface area contributed by atoms with Crippen molar-refractivity contribution in [2.45, 2.75) is 52.0 Å². The number of anilines is 2. The van der Waals surface area contributed by atoms with Crippen LogP contribution in [0.3, 0.4) is 0 Å². The lowest BCUT2D eigenvalue weighted by Gasteiger charge is -2.14. The molecule has 0 spiro atoms. The van der Waals surface area contributed by atoms with Gasteiger partial charge in [-0.3, -0.25) is 4.79 Å². The van der Waals surface area contributed by atoms with Crippen LogP contribution < -0.4 is 10.6 Å². The monoisotopic (exact) mass is 324 g/mol. The summed E-state index contributed by atoms with van der Waals surface area (Å²) in [4.78, 5) is 20.8. The summed E-state index contributed by atoms with van der Waals surface area (Å²) in [5.74, 6) is 0.526. The van der Waals surface area contributed by atoms with E-state index in [2.05, 4.69) is 52.6 Å². The molecule has 126 valence electrons. The van der Waals surface area contributed by atoms with Crippen LogP contribution in [0, 0.1) is 6.92 Å². The van der Waals surface area contributed by atoms with Gasteiger partial charge < -0.3 is 10.6 Å². The quantitative estimate of drug-likeness (QED) is 0.879. The van der Waals surface area contributed by atoms with Crippen molar-refractivity contribution >= 4 is 17.4 Å². The van der Waals surface area contributed by atoms with Gasteiger partial charge in [-0.05, 0) is 37.3 Å². The minimum atomic E-state index is -0.118. The Morgan fingerprint density at radius 2 is 2.04 bits per heavy atom. The number of rotatable bonds is 5. The number of nitrogens with one attached hydrogen (secondary N) is 2. The molecule has 24 heavy (non-hydrogen) atoms. The van der Waals surface area contributed by atoms with E-state index >= 15 is 0 Å². The molecule has 1 heterocycles. The van der Waals surface area contributed by atoms with Crippen molar-refractivity contribution in [2.75, 3.05) is 5.32 Å². The molecule has 5 heteroatoms. The fourth-order valence-electron chi connectivity index (χ4n) is 3.21. The van der Waals surface area contributed by atoms with Gasteiger partial charge >= 0.3 is 0 Å². The van der Waals surface area contributed by atoms with Gasteiger partial charge in [-0.2, -0.15) is 0 Å². The molecular formula is C19H24N4O. The maximum Gasteiger partial charge on any atom is 0.270 e. The average molecular weight is 324 g/mol. The molecule has 0 unspecified atom stereocenters. The third-order valence-electron chi connectivity index (χ3n) is 4.58. The van der Waals surface area contributed by atoms with Gasteiger partial charge in [0.25, 0.3) is 5.91 Å². The van der Waals surface area contributed by atoms with Gasteiger partial charge in [0, 0.05) is 17.8 Å². The van der Waals surface area contributed by atoms with E-state index in [4.69, 9.17) is 0 Å². The molecule has 5 nitrogen and oxygen atoms in total. The first-order valence-corrected chi connectivity index (χ1v) is 8.65. The van der Waals surface area contributed by atoms with Crippen LogP contribution >= 0.6 is 0 Å². The molecule has 1 saturated carbocycles. The number of hydrogen-bond acceptors (Lipinski definition) is 4. The number of amides is 1. The number of aromatic nitrogens is 2. The van der Waals surface area contributed by atoms with E-state index in [1.807, 2.05) is 0 Å². The van der Waals surface area contributed by atoms with Crippen molar-refractivity contribution in [2.24, 2.45) is 0 Å². The molecule has 1 aromatic carbocycles. The average Bonchev–Trinajstić information content (AvgIpc) is 3.10. The van der Waals surface area contributed by atoms with Crippen molar-refractivity contribution in [3.8, 4) is 0 Å². The maximum absolute atomic E-state index is 12.4. The molecule has 0 atom stereocenters. The summed E-state index contributed by atoms with van der Waals surface area (Å²) in [6.45, 7) is 4.19. The highest BCUT2D eigenvalue weighted by Gasteiger charge is 2.19. The van der Waals surface area contributed by atoms with Crippen molar-refractivity contribution in [3.63, 3.8) is 0 Å². The second-order valence-corrected chi connectivity index (χ2v) is 6.33. The van der Waals surface area contributed by atoms with Gasteiger partial charge in [0.05, 0.1) is 0 Å². The number of para-hydroxylation sites is 1. The van der Waals surface area contributed by atoms with Crippen molar-refractivity contribution in [1.29, 1.82) is 0 Å². The molecular weight excluding hydrogens is 300 g/mol. The van der Waals surface area contributed by atoms with Gasteiger partial charge in [0.15, 0.2) is 0 Å². The fourth-order valence-corrected chi connectivity index (χ4v) is 3.21. The summed E-state index contributed by atoms with van der Waals surface area (Å²) in [5.41, 5.74) is 3.85. The third-order valence-corrected chi connectivity index (χ3v) is 4.58. The summed E-state index contributed by atoms with van der Waals surface area (Å²) in [7, 11) is 0. The number of aryl methyl sites for hydroxylation is 2. The Balaban J connectivity index is 1.77. The molecule has 1 amide bonds. The van der Waals surface area contributed by atoms with Crippen molar-refractivity contribution in [1.82, 2.24) is 15.3 Å². The van der Waals surface area contributed by atoms with Gasteiger partial charge in [-0.25, -0.2) is 9.97 Å². The molecule has 2 aromatic rings. The minimum Gasteiger partial charge on any atom is -0.348 e. The molecule has 0 saturated heterocycles. The summed E-state index contributed by atoms with van der Waals surface area (Å²) in [6, 6.07) is 8.23. The highest BCUT2D eigenvalue weighted by molar-refractivity contribution is 5.93. The molecule has 0 radical (unpaired) electrons. The summed E-state index contributed by atoms with van der Waals surface area (Å²) < 4.78 is 0. The van der Waals surface area contributed by atoms with Crippen molar-refractivity contribution in [3.05, 3.63) is 47.4 Å². The smallest absolute Gasteiger partial charge is 0.270 e. The fraction of sp³-hybridized carbons (Fsp3) is 0.421. The second-order valence-electron chi connectivity index (χ2n) is 6.33. The summed E-state index contributed by atoms with van der Waals surface area (Å²) in [5, 5.41) is 6.41. The van der Waals surface area contributed by atoms with Crippen LogP contribution in [0.4, 0.5) is 11.5 Å². The zero-order chi connectivity index (χ0) is 16.9. The predicted octanol–water partition coefficient (Wildman–Crippen LogP) is 3.76. The standard InChI is InChI=1S/C19H24N4O/c1-3-14-8-6-7-13(2)18(14)23-17-11-16(20-12-21-17)19(24)22-15-9-4-5-10-15/h6-8,11-12,15H,3-5,9-10H2,1-2H3,(H,22,24)(H,20,21,23). The predicted molar refractivity (Wildman–Crippen MR) is 95.6 cm³/mol. The van der Waals surface area contributed by atoms with Crippen LogP contribution in [0.25, 0.3) is 0 Å². The third kappa shape index (κ3) is 3.72. The van der Waals surface area contributed by atoms with Crippen molar-refractivity contribution < 1.29 is 4.79 Å². The van der Waals surface area contributed by atoms with E-state index in [1.165, 1.54) is 24.7 Å². The Kier molecular flexibility index (Phi) is 5.08. The van der Waals surface area contributed by atoms with Gasteiger partial charge in [0.1, 0.15) is 17.8 Å². The number of hydrogen-bond donors (Lipinski definition) is 2. The molecule has 1 aromatic heterocycles. The highest BCUT2D eigenvalue weighted by atomic mass is 16.1. The van der Waals surface area contributed by atoms with Gasteiger partial charge in [0.2, 0.25) is 0 Å². The lowest BCUT2D eigenvalue weighted by molar-refractivity contribution is 0.0932. The lowest BCUT2D eigenvalue weighted by Crippen LogP contribution is -2.33. The molecule has 1 aliphatic rings. The molecule has 0 aliphatic heterocycles. The zero-order valence-electron chi connectivity index (χ0n) is 14.3. The summed E-state index contributed by atoms with van der Waals surface area (Å²) in [6.07, 6.45) is 6.87. The number of carbonyl (C=O) groups excluding carboxylic acids is 1. The SMILES string of the molecule is CCc1cccc(C)c1Nc1cc(C(=O)NC2CCCC2)ncn1. The van der Waals surface area contributed by atoms with E-state index in [0.29, 0.717) is 11.5 Å². The first kappa shape index (κ1) is 16.4. The minimum absolute atomic E-state index is 0.118. The van der Waals surface area contributed by atoms with E-state index in [0.717, 1.165) is 30.5 Å². The van der Waals surface area contributed by atoms with Crippen LogP contribution in [0.1, 0.15) is 54.2 Å². The Morgan fingerprint density at radius 1 is 1.25 bits per heavy atom. The molecule has 1 fully saturated rings. The molecule has 3 rings (SSSR count). The lowest BCUT2D eigenvalue weighted by atomic mass is 10.1. The molecule has 0 bridgehead atoms. The summed E-state index contributed by atoms with van der Waals surface area (Å²) >= 11 is 0. The number of benzene rings is 1. The number of carbonyl (C=O) groups is 1. The van der Waals surface area contributed by atoms with Crippen LogP contribution in [-0.4, -0.2) is 21.9 Å². The van der Waals surface area contributed by atoms with E-state index in [-0.39, 0.29) is 11.9 Å². The second kappa shape index (κ2) is 7.43. The topological polar surface area (TPSA) is 66.9 Å². The molecule has 2 N–H and O–H groups in total. The Morgan fingerprint density at radius 3 is 2.79 bits per heavy atom. The van der Waals surface area contributed by atoms with Gasteiger partial charge in [-0.1, -0.05) is 38.0 Å². The Bertz CT molecular complexity index is 723. The van der Waals surface area contributed by atoms with Crippen LogP contribution in [0.5, 0.6) is 0 Å². The van der Waals surface area contributed by atoms with Crippen LogP contribution in [0.2, 0.25) is 0 Å².